The molecule has 0 bridgehead atoms. The number of nitrogens with zero attached hydrogens (tertiary/aromatic N) is 2. The smallest absolute Gasteiger partial charge is 0.0543 e. The number of benzene rings is 10. The number of rotatable bonds is 7. The molecule has 0 unspecified atom stereocenters. The number of aromatic nitrogens is 1. The Hall–Kier alpha value is -7.94. The summed E-state index contributed by atoms with van der Waals surface area (Å²) in [6.07, 6.45) is 0. The van der Waals surface area contributed by atoms with E-state index in [1.54, 1.807) is 0 Å². The lowest BCUT2D eigenvalue weighted by Gasteiger charge is -2.29. The Balaban J connectivity index is 0.983. The SMILES string of the molecule is CC1(C)c2ccccc2-c2c(N(c3ccc(-c4cccc(-n5c6ccccc6c6ccccc65)c4)cc3)c3ccc(-c4cccc5cccc(-c6ccccc6)c45)cc3)cccc21. The van der Waals surface area contributed by atoms with Crippen LogP contribution in [-0.4, -0.2) is 4.57 Å². The minimum absolute atomic E-state index is 0.118. The van der Waals surface area contributed by atoms with Crippen molar-refractivity contribution in [1.29, 1.82) is 0 Å². The van der Waals surface area contributed by atoms with Gasteiger partial charge in [-0.1, -0.05) is 190 Å². The van der Waals surface area contributed by atoms with Gasteiger partial charge < -0.3 is 9.47 Å². The van der Waals surface area contributed by atoms with Crippen LogP contribution in [0.25, 0.3) is 82.8 Å². The van der Waals surface area contributed by atoms with Gasteiger partial charge in [-0.15, -0.1) is 0 Å². The Kier molecular flexibility index (Phi) is 8.55. The van der Waals surface area contributed by atoms with E-state index in [1.807, 2.05) is 0 Å². The van der Waals surface area contributed by atoms with E-state index in [0.717, 1.165) is 17.1 Å². The summed E-state index contributed by atoms with van der Waals surface area (Å²) in [6, 6.07) is 84.6. The first kappa shape index (κ1) is 36.9. The van der Waals surface area contributed by atoms with Gasteiger partial charge in [-0.3, -0.25) is 0 Å². The molecule has 0 saturated heterocycles. The first-order valence-electron chi connectivity index (χ1n) is 21.9. The molecular weight excluding hydrogens is 761 g/mol. The van der Waals surface area contributed by atoms with E-state index in [1.165, 1.54) is 93.9 Å². The Morgan fingerprint density at radius 2 is 0.889 bits per heavy atom. The van der Waals surface area contributed by atoms with Crippen LogP contribution in [-0.2, 0) is 5.41 Å². The molecule has 0 saturated carbocycles. The van der Waals surface area contributed by atoms with Gasteiger partial charge in [0, 0.05) is 38.8 Å². The third kappa shape index (κ3) is 5.94. The largest absolute Gasteiger partial charge is 0.310 e. The fourth-order valence-electron chi connectivity index (χ4n) is 10.4. The van der Waals surface area contributed by atoms with Crippen LogP contribution in [0, 0.1) is 0 Å². The average molecular weight is 805 g/mol. The Morgan fingerprint density at radius 3 is 1.57 bits per heavy atom. The predicted molar refractivity (Wildman–Crippen MR) is 267 cm³/mol. The van der Waals surface area contributed by atoms with Crippen LogP contribution in [0.1, 0.15) is 25.0 Å². The van der Waals surface area contributed by atoms with Crippen LogP contribution in [0.4, 0.5) is 17.1 Å². The number of fused-ring (bicyclic) bond motifs is 7. The number of para-hydroxylation sites is 2. The molecule has 1 aliphatic carbocycles. The lowest BCUT2D eigenvalue weighted by atomic mass is 9.82. The van der Waals surface area contributed by atoms with Crippen molar-refractivity contribution in [3.63, 3.8) is 0 Å². The van der Waals surface area contributed by atoms with Crippen LogP contribution in [0.15, 0.2) is 231 Å². The molecule has 0 atom stereocenters. The number of anilines is 3. The summed E-state index contributed by atoms with van der Waals surface area (Å²) in [5, 5.41) is 5.04. The second-order valence-corrected chi connectivity index (χ2v) is 17.3. The predicted octanol–water partition coefficient (Wildman–Crippen LogP) is 16.7. The lowest BCUT2D eigenvalue weighted by molar-refractivity contribution is 0.660. The Bertz CT molecular complexity index is 3460. The lowest BCUT2D eigenvalue weighted by Crippen LogP contribution is -2.16. The van der Waals surface area contributed by atoms with Crippen molar-refractivity contribution >= 4 is 49.6 Å². The van der Waals surface area contributed by atoms with Gasteiger partial charge in [-0.25, -0.2) is 0 Å². The van der Waals surface area contributed by atoms with E-state index >= 15 is 0 Å². The number of hydrogen-bond acceptors (Lipinski definition) is 1. The molecular formula is C61H44N2. The van der Waals surface area contributed by atoms with Gasteiger partial charge in [-0.05, 0) is 115 Å². The molecule has 11 aromatic rings. The molecule has 1 aromatic heterocycles. The summed E-state index contributed by atoms with van der Waals surface area (Å²) in [6.45, 7) is 4.72. The molecule has 0 radical (unpaired) electrons. The molecule has 1 aliphatic rings. The monoisotopic (exact) mass is 804 g/mol. The van der Waals surface area contributed by atoms with Crippen molar-refractivity contribution in [1.82, 2.24) is 4.57 Å². The standard InChI is InChI=1S/C61H44N2/c1-61(2)54-27-9-6-24-53(54)60-55(61)28-15-31-58(60)62(47-38-34-43(35-39-47)50-26-14-19-44-18-13-25-49(59(44)50)42-16-4-3-5-17-42)46-36-32-41(33-37-46)45-20-12-21-48(40-45)63-56-29-10-7-22-51(56)52-23-8-11-30-57(52)63/h3-40H,1-2H3. The van der Waals surface area contributed by atoms with Crippen molar-refractivity contribution in [3.8, 4) is 50.2 Å². The molecule has 2 heteroatoms. The van der Waals surface area contributed by atoms with Gasteiger partial charge in [0.15, 0.2) is 0 Å². The first-order valence-corrected chi connectivity index (χ1v) is 21.9. The maximum atomic E-state index is 2.46. The zero-order valence-corrected chi connectivity index (χ0v) is 35.3. The fraction of sp³-hybridized carbons (Fsp3) is 0.0492. The second kappa shape index (κ2) is 14.6. The van der Waals surface area contributed by atoms with E-state index in [9.17, 15) is 0 Å². The van der Waals surface area contributed by atoms with Crippen molar-refractivity contribution < 1.29 is 0 Å². The second-order valence-electron chi connectivity index (χ2n) is 17.3. The summed E-state index contributed by atoms with van der Waals surface area (Å²) in [7, 11) is 0. The van der Waals surface area contributed by atoms with Crippen LogP contribution >= 0.6 is 0 Å². The molecule has 10 aromatic carbocycles. The highest BCUT2D eigenvalue weighted by Crippen LogP contribution is 2.54. The fourth-order valence-corrected chi connectivity index (χ4v) is 10.4. The highest BCUT2D eigenvalue weighted by atomic mass is 15.1. The van der Waals surface area contributed by atoms with E-state index in [0.29, 0.717) is 0 Å². The van der Waals surface area contributed by atoms with Crippen LogP contribution in [0.3, 0.4) is 0 Å². The van der Waals surface area contributed by atoms with Crippen molar-refractivity contribution in [2.24, 2.45) is 0 Å². The van der Waals surface area contributed by atoms with Gasteiger partial charge in [-0.2, -0.15) is 0 Å². The third-order valence-electron chi connectivity index (χ3n) is 13.4. The molecule has 12 rings (SSSR count). The molecule has 0 amide bonds. The van der Waals surface area contributed by atoms with Crippen molar-refractivity contribution in [3.05, 3.63) is 242 Å². The minimum Gasteiger partial charge on any atom is -0.310 e. The first-order chi connectivity index (χ1) is 31.0. The molecule has 0 fully saturated rings. The van der Waals surface area contributed by atoms with Gasteiger partial charge in [0.2, 0.25) is 0 Å². The topological polar surface area (TPSA) is 8.17 Å². The quantitative estimate of drug-likeness (QED) is 0.156. The summed E-state index contributed by atoms with van der Waals surface area (Å²) in [4.78, 5) is 2.46. The van der Waals surface area contributed by atoms with Crippen LogP contribution < -0.4 is 4.90 Å². The van der Waals surface area contributed by atoms with Gasteiger partial charge in [0.25, 0.3) is 0 Å². The average Bonchev–Trinajstić information content (AvgIpc) is 3.81. The van der Waals surface area contributed by atoms with Gasteiger partial charge in [0.05, 0.1) is 16.7 Å². The Labute approximate surface area is 368 Å². The third-order valence-corrected chi connectivity index (χ3v) is 13.4. The molecule has 0 spiro atoms. The molecule has 2 nitrogen and oxygen atoms in total. The van der Waals surface area contributed by atoms with E-state index < -0.39 is 0 Å². The van der Waals surface area contributed by atoms with E-state index in [4.69, 9.17) is 0 Å². The maximum absolute atomic E-state index is 2.46. The summed E-state index contributed by atoms with van der Waals surface area (Å²) in [5.41, 5.74) is 19.4. The number of hydrogen-bond donors (Lipinski definition) is 0. The van der Waals surface area contributed by atoms with Crippen LogP contribution in [0.2, 0.25) is 0 Å². The molecule has 0 N–H and O–H groups in total. The zero-order valence-electron chi connectivity index (χ0n) is 35.3. The highest BCUT2D eigenvalue weighted by Gasteiger charge is 2.37. The van der Waals surface area contributed by atoms with Crippen LogP contribution in [0.5, 0.6) is 0 Å². The van der Waals surface area contributed by atoms with Crippen molar-refractivity contribution in [2.75, 3.05) is 4.90 Å². The van der Waals surface area contributed by atoms with Crippen molar-refractivity contribution in [2.45, 2.75) is 19.3 Å². The molecule has 63 heavy (non-hydrogen) atoms. The highest BCUT2D eigenvalue weighted by molar-refractivity contribution is 6.09. The van der Waals surface area contributed by atoms with E-state index in [-0.39, 0.29) is 5.41 Å². The molecule has 1 heterocycles. The zero-order chi connectivity index (χ0) is 42.1. The summed E-state index contributed by atoms with van der Waals surface area (Å²) < 4.78 is 2.39. The van der Waals surface area contributed by atoms with Gasteiger partial charge >= 0.3 is 0 Å². The minimum atomic E-state index is -0.118. The summed E-state index contributed by atoms with van der Waals surface area (Å²) in [5.74, 6) is 0. The summed E-state index contributed by atoms with van der Waals surface area (Å²) >= 11 is 0. The normalized spacial score (nSPS) is 12.7. The van der Waals surface area contributed by atoms with Gasteiger partial charge in [0.1, 0.15) is 0 Å². The van der Waals surface area contributed by atoms with E-state index in [2.05, 4.69) is 254 Å². The Morgan fingerprint density at radius 1 is 0.381 bits per heavy atom. The maximum Gasteiger partial charge on any atom is 0.0543 e. The molecule has 298 valence electrons. The molecule has 0 aliphatic heterocycles.